The van der Waals surface area contributed by atoms with Gasteiger partial charge < -0.3 is 4.42 Å². The molecule has 8 heavy (non-hydrogen) atoms. The lowest BCUT2D eigenvalue weighted by Crippen LogP contribution is -1.65. The van der Waals surface area contributed by atoms with Crippen LogP contribution in [0.25, 0.3) is 0 Å². The Labute approximate surface area is 53.9 Å². The molecule has 1 aromatic rings. The lowest BCUT2D eigenvalue weighted by atomic mass is 10.5. The highest BCUT2D eigenvalue weighted by Crippen LogP contribution is 1.92. The fraction of sp³-hybridized carbons (Fsp3) is 0. The van der Waals surface area contributed by atoms with Gasteiger partial charge in [0, 0.05) is 0 Å². The highest BCUT2D eigenvalue weighted by atomic mass is 32.1. The van der Waals surface area contributed by atoms with Crippen molar-refractivity contribution in [3.05, 3.63) is 24.2 Å². The summed E-state index contributed by atoms with van der Waals surface area (Å²) in [6.45, 7) is 0. The van der Waals surface area contributed by atoms with E-state index in [0.717, 1.165) is 0 Å². The van der Waals surface area contributed by atoms with Crippen molar-refractivity contribution in [2.24, 2.45) is 0 Å². The largest absolute Gasteiger partial charge is 0.462 e. The summed E-state index contributed by atoms with van der Waals surface area (Å²) >= 11 is 0. The van der Waals surface area contributed by atoms with Crippen molar-refractivity contribution in [2.75, 3.05) is 0 Å². The van der Waals surface area contributed by atoms with Crippen LogP contribution in [0, 0.1) is 0 Å². The van der Waals surface area contributed by atoms with Crippen molar-refractivity contribution in [3.63, 3.8) is 0 Å². The van der Waals surface area contributed by atoms with Gasteiger partial charge in [-0.25, -0.2) is 0 Å². The molecule has 0 fully saturated rings. The van der Waals surface area contributed by atoms with Crippen LogP contribution in [0.1, 0.15) is 10.6 Å². The summed E-state index contributed by atoms with van der Waals surface area (Å²) in [6.07, 6.45) is 2.13. The number of aldehydes is 1. The molecular formula is C5H6O2S. The minimum atomic E-state index is 0. The van der Waals surface area contributed by atoms with Crippen molar-refractivity contribution in [3.8, 4) is 0 Å². The molecule has 0 atom stereocenters. The van der Waals surface area contributed by atoms with Crippen LogP contribution in [0.5, 0.6) is 0 Å². The van der Waals surface area contributed by atoms with Gasteiger partial charge in [0.1, 0.15) is 0 Å². The maximum absolute atomic E-state index is 9.77. The quantitative estimate of drug-likeness (QED) is 0.535. The first kappa shape index (κ1) is 7.30. The molecular weight excluding hydrogens is 124 g/mol. The van der Waals surface area contributed by atoms with Crippen LogP contribution in [0.2, 0.25) is 0 Å². The highest BCUT2D eigenvalue weighted by Gasteiger charge is 1.84. The summed E-state index contributed by atoms with van der Waals surface area (Å²) in [7, 11) is 0. The smallest absolute Gasteiger partial charge is 0.185 e. The molecule has 44 valence electrons. The van der Waals surface area contributed by atoms with E-state index in [-0.39, 0.29) is 13.5 Å². The lowest BCUT2D eigenvalue weighted by molar-refractivity contribution is 0.110. The predicted octanol–water partition coefficient (Wildman–Crippen LogP) is 1.20. The molecule has 0 aliphatic heterocycles. The van der Waals surface area contributed by atoms with E-state index < -0.39 is 0 Å². The van der Waals surface area contributed by atoms with E-state index in [1.165, 1.54) is 6.26 Å². The summed E-state index contributed by atoms with van der Waals surface area (Å²) in [5.41, 5.74) is 0. The summed E-state index contributed by atoms with van der Waals surface area (Å²) in [5.74, 6) is 0.375. The van der Waals surface area contributed by atoms with E-state index in [1.807, 2.05) is 0 Å². The minimum absolute atomic E-state index is 0. The molecule has 1 rings (SSSR count). The number of carbonyl (C=O) groups excluding carboxylic acids is 1. The summed E-state index contributed by atoms with van der Waals surface area (Å²) < 4.78 is 4.61. The van der Waals surface area contributed by atoms with Crippen LogP contribution < -0.4 is 0 Å². The van der Waals surface area contributed by atoms with Crippen LogP contribution in [0.15, 0.2) is 22.8 Å². The first-order valence-corrected chi connectivity index (χ1v) is 1.92. The Morgan fingerprint density at radius 2 is 2.38 bits per heavy atom. The molecule has 1 aromatic heterocycles. The first-order valence-electron chi connectivity index (χ1n) is 1.92. The second-order valence-corrected chi connectivity index (χ2v) is 1.13. The predicted molar refractivity (Wildman–Crippen MR) is 34.5 cm³/mol. The molecule has 1 heterocycles. The molecule has 0 saturated heterocycles. The zero-order chi connectivity index (χ0) is 5.11. The number of hydrogen-bond donors (Lipinski definition) is 0. The highest BCUT2D eigenvalue weighted by molar-refractivity contribution is 7.59. The Kier molecular flexibility index (Phi) is 3.03. The van der Waals surface area contributed by atoms with Gasteiger partial charge in [0.25, 0.3) is 0 Å². The Balaban J connectivity index is 0.000000490. The Bertz CT molecular complexity index is 145. The molecule has 0 amide bonds. The third kappa shape index (κ3) is 1.42. The molecule has 0 saturated carbocycles. The third-order valence-electron chi connectivity index (χ3n) is 0.659. The first-order chi connectivity index (χ1) is 3.43. The van der Waals surface area contributed by atoms with Crippen LogP contribution in [0.4, 0.5) is 0 Å². The number of hydrogen-bond acceptors (Lipinski definition) is 2. The van der Waals surface area contributed by atoms with Crippen LogP contribution in [-0.2, 0) is 0 Å². The standard InChI is InChI=1S/C5H4O2.H2S/c6-4-5-2-1-3-7-5;/h1-4H;1H2. The van der Waals surface area contributed by atoms with E-state index in [2.05, 4.69) is 4.42 Å². The summed E-state index contributed by atoms with van der Waals surface area (Å²) in [4.78, 5) is 9.77. The van der Waals surface area contributed by atoms with Crippen molar-refractivity contribution < 1.29 is 9.21 Å². The van der Waals surface area contributed by atoms with Gasteiger partial charge in [0.05, 0.1) is 6.26 Å². The molecule has 2 nitrogen and oxygen atoms in total. The fourth-order valence-corrected chi connectivity index (χ4v) is 0.358. The topological polar surface area (TPSA) is 30.2 Å². The van der Waals surface area contributed by atoms with E-state index in [4.69, 9.17) is 0 Å². The Morgan fingerprint density at radius 1 is 1.62 bits per heavy atom. The summed E-state index contributed by atoms with van der Waals surface area (Å²) in [5, 5.41) is 0. The van der Waals surface area contributed by atoms with Crippen molar-refractivity contribution >= 4 is 19.8 Å². The van der Waals surface area contributed by atoms with E-state index in [1.54, 1.807) is 12.1 Å². The molecule has 0 bridgehead atoms. The van der Waals surface area contributed by atoms with Gasteiger partial charge >= 0.3 is 0 Å². The van der Waals surface area contributed by atoms with Gasteiger partial charge in [0.15, 0.2) is 12.0 Å². The Hall–Kier alpha value is -0.700. The van der Waals surface area contributed by atoms with Crippen LogP contribution in [-0.4, -0.2) is 6.29 Å². The second kappa shape index (κ2) is 3.32. The van der Waals surface area contributed by atoms with E-state index in [0.29, 0.717) is 12.0 Å². The SMILES string of the molecule is O=Cc1ccco1.S. The van der Waals surface area contributed by atoms with Crippen molar-refractivity contribution in [1.29, 1.82) is 0 Å². The van der Waals surface area contributed by atoms with Gasteiger partial charge in [-0.2, -0.15) is 13.5 Å². The van der Waals surface area contributed by atoms with Crippen LogP contribution >= 0.6 is 13.5 Å². The maximum Gasteiger partial charge on any atom is 0.185 e. The van der Waals surface area contributed by atoms with Gasteiger partial charge in [-0.05, 0) is 12.1 Å². The molecule has 0 aliphatic carbocycles. The number of carbonyl (C=O) groups is 1. The normalized spacial score (nSPS) is 7.50. The molecule has 0 unspecified atom stereocenters. The Morgan fingerprint density at radius 3 is 2.62 bits per heavy atom. The monoisotopic (exact) mass is 130 g/mol. The molecule has 0 aromatic carbocycles. The third-order valence-corrected chi connectivity index (χ3v) is 0.659. The molecule has 0 spiro atoms. The molecule has 0 radical (unpaired) electrons. The molecule has 0 aliphatic rings. The van der Waals surface area contributed by atoms with Gasteiger partial charge in [0.2, 0.25) is 0 Å². The van der Waals surface area contributed by atoms with Crippen molar-refractivity contribution in [1.82, 2.24) is 0 Å². The van der Waals surface area contributed by atoms with Gasteiger partial charge in [-0.1, -0.05) is 0 Å². The van der Waals surface area contributed by atoms with Gasteiger partial charge in [-0.15, -0.1) is 0 Å². The second-order valence-electron chi connectivity index (χ2n) is 1.13. The maximum atomic E-state index is 9.77. The average Bonchev–Trinajstić information content (AvgIpc) is 2.14. The van der Waals surface area contributed by atoms with Crippen molar-refractivity contribution in [2.45, 2.75) is 0 Å². The summed E-state index contributed by atoms with van der Waals surface area (Å²) in [6, 6.07) is 3.27. The number of rotatable bonds is 1. The van der Waals surface area contributed by atoms with Gasteiger partial charge in [-0.3, -0.25) is 4.79 Å². The minimum Gasteiger partial charge on any atom is -0.462 e. The zero-order valence-corrected chi connectivity index (χ0v) is 5.13. The lowest BCUT2D eigenvalue weighted by Gasteiger charge is -1.68. The van der Waals surface area contributed by atoms with E-state index in [9.17, 15) is 4.79 Å². The number of furan rings is 1. The molecule has 3 heteroatoms. The molecule has 0 N–H and O–H groups in total. The average molecular weight is 130 g/mol. The van der Waals surface area contributed by atoms with Crippen LogP contribution in [0.3, 0.4) is 0 Å². The van der Waals surface area contributed by atoms with E-state index >= 15 is 0 Å². The zero-order valence-electron chi connectivity index (χ0n) is 4.13. The fourth-order valence-electron chi connectivity index (χ4n) is 0.358.